The van der Waals surface area contributed by atoms with Crippen LogP contribution in [0, 0.1) is 5.82 Å². The second-order valence-electron chi connectivity index (χ2n) is 6.81. The first-order chi connectivity index (χ1) is 12.4. The van der Waals surface area contributed by atoms with E-state index in [2.05, 4.69) is 5.32 Å². The Morgan fingerprint density at radius 3 is 2.81 bits per heavy atom. The molecule has 1 amide bonds. The van der Waals surface area contributed by atoms with E-state index in [9.17, 15) is 9.18 Å². The van der Waals surface area contributed by atoms with Crippen molar-refractivity contribution in [2.45, 2.75) is 31.9 Å². The van der Waals surface area contributed by atoms with Crippen LogP contribution in [0.25, 0.3) is 0 Å². The van der Waals surface area contributed by atoms with Crippen molar-refractivity contribution in [3.05, 3.63) is 53.8 Å². The summed E-state index contributed by atoms with van der Waals surface area (Å²) in [6.07, 6.45) is 0.609. The van der Waals surface area contributed by atoms with Crippen molar-refractivity contribution in [2.75, 3.05) is 13.7 Å². The molecule has 5 nitrogen and oxygen atoms in total. The van der Waals surface area contributed by atoms with Gasteiger partial charge in [0.25, 0.3) is 5.91 Å². The van der Waals surface area contributed by atoms with Gasteiger partial charge in [-0.05, 0) is 38.1 Å². The smallest absolute Gasteiger partial charge is 0.258 e. The van der Waals surface area contributed by atoms with Crippen LogP contribution in [0.1, 0.15) is 31.9 Å². The standard InChI is InChI=1S/C20H22FNO4/c1-20(2)11-16(14-9-8-13(24-3)10-18(14)26-20)22-19(23)12-25-17-7-5-4-6-15(17)21/h4-10,16H,11-12H2,1-3H3,(H,22,23). The molecule has 0 bridgehead atoms. The lowest BCUT2D eigenvalue weighted by Crippen LogP contribution is -2.42. The van der Waals surface area contributed by atoms with Crippen molar-refractivity contribution in [3.63, 3.8) is 0 Å². The van der Waals surface area contributed by atoms with Gasteiger partial charge in [-0.25, -0.2) is 4.39 Å². The summed E-state index contributed by atoms with van der Waals surface area (Å²) in [4.78, 5) is 12.3. The summed E-state index contributed by atoms with van der Waals surface area (Å²) in [6, 6.07) is 11.3. The van der Waals surface area contributed by atoms with Gasteiger partial charge in [0, 0.05) is 18.1 Å². The number of rotatable bonds is 5. The largest absolute Gasteiger partial charge is 0.497 e. The maximum absolute atomic E-state index is 13.6. The number of para-hydroxylation sites is 1. The van der Waals surface area contributed by atoms with Crippen molar-refractivity contribution in [1.82, 2.24) is 5.32 Å². The number of nitrogens with one attached hydrogen (secondary N) is 1. The molecule has 1 N–H and O–H groups in total. The van der Waals surface area contributed by atoms with Crippen LogP contribution >= 0.6 is 0 Å². The molecule has 1 aliphatic heterocycles. The van der Waals surface area contributed by atoms with Gasteiger partial charge in [0.2, 0.25) is 0 Å². The molecule has 0 fully saturated rings. The third kappa shape index (κ3) is 4.07. The Labute approximate surface area is 152 Å². The van der Waals surface area contributed by atoms with Crippen LogP contribution in [0.3, 0.4) is 0 Å². The van der Waals surface area contributed by atoms with Crippen LogP contribution in [0.4, 0.5) is 4.39 Å². The fourth-order valence-electron chi connectivity index (χ4n) is 3.03. The summed E-state index contributed by atoms with van der Waals surface area (Å²) in [5, 5.41) is 2.95. The molecule has 0 saturated carbocycles. The SMILES string of the molecule is COc1ccc2c(c1)OC(C)(C)CC2NC(=O)COc1ccccc1F. The third-order valence-corrected chi connectivity index (χ3v) is 4.21. The second kappa shape index (κ2) is 7.23. The first kappa shape index (κ1) is 18.0. The number of amides is 1. The normalized spacial score (nSPS) is 17.6. The van der Waals surface area contributed by atoms with E-state index in [0.717, 1.165) is 5.56 Å². The zero-order valence-corrected chi connectivity index (χ0v) is 15.0. The Morgan fingerprint density at radius 1 is 1.31 bits per heavy atom. The van der Waals surface area contributed by atoms with Gasteiger partial charge in [0.1, 0.15) is 17.1 Å². The van der Waals surface area contributed by atoms with Crippen LogP contribution in [0.2, 0.25) is 0 Å². The Balaban J connectivity index is 1.71. The molecule has 1 aliphatic rings. The number of ether oxygens (including phenoxy) is 3. The van der Waals surface area contributed by atoms with Gasteiger partial charge in [-0.2, -0.15) is 0 Å². The molecule has 3 rings (SSSR count). The number of hydrogen-bond donors (Lipinski definition) is 1. The lowest BCUT2D eigenvalue weighted by atomic mass is 9.89. The predicted molar refractivity (Wildman–Crippen MR) is 95.1 cm³/mol. The number of hydrogen-bond acceptors (Lipinski definition) is 4. The van der Waals surface area contributed by atoms with Gasteiger partial charge >= 0.3 is 0 Å². The fourth-order valence-corrected chi connectivity index (χ4v) is 3.03. The molecular weight excluding hydrogens is 337 g/mol. The van der Waals surface area contributed by atoms with Gasteiger partial charge in [-0.1, -0.05) is 12.1 Å². The van der Waals surface area contributed by atoms with Crippen molar-refractivity contribution in [1.29, 1.82) is 0 Å². The van der Waals surface area contributed by atoms with Crippen LogP contribution in [0.15, 0.2) is 42.5 Å². The van der Waals surface area contributed by atoms with E-state index in [1.807, 2.05) is 32.0 Å². The summed E-state index contributed by atoms with van der Waals surface area (Å²) < 4.78 is 30.1. The zero-order valence-electron chi connectivity index (χ0n) is 15.0. The van der Waals surface area contributed by atoms with Crippen molar-refractivity contribution in [2.24, 2.45) is 0 Å². The van der Waals surface area contributed by atoms with E-state index in [-0.39, 0.29) is 24.3 Å². The molecule has 0 aromatic heterocycles. The summed E-state index contributed by atoms with van der Waals surface area (Å²) >= 11 is 0. The van der Waals surface area contributed by atoms with Crippen molar-refractivity contribution < 1.29 is 23.4 Å². The minimum atomic E-state index is -0.495. The lowest BCUT2D eigenvalue weighted by molar-refractivity contribution is -0.124. The van der Waals surface area contributed by atoms with Gasteiger partial charge in [-0.3, -0.25) is 4.79 Å². The number of carbonyl (C=O) groups is 1. The second-order valence-corrected chi connectivity index (χ2v) is 6.81. The maximum atomic E-state index is 13.6. The number of carbonyl (C=O) groups excluding carboxylic acids is 1. The quantitative estimate of drug-likeness (QED) is 0.886. The van der Waals surface area contributed by atoms with E-state index in [0.29, 0.717) is 17.9 Å². The number of methoxy groups -OCH3 is 1. The summed E-state index contributed by atoms with van der Waals surface area (Å²) in [5.74, 6) is 0.609. The highest BCUT2D eigenvalue weighted by Gasteiger charge is 2.34. The van der Waals surface area contributed by atoms with E-state index < -0.39 is 11.4 Å². The van der Waals surface area contributed by atoms with Crippen LogP contribution in [0.5, 0.6) is 17.2 Å². The van der Waals surface area contributed by atoms with E-state index >= 15 is 0 Å². The van der Waals surface area contributed by atoms with E-state index in [1.54, 1.807) is 19.2 Å². The average Bonchev–Trinajstić information content (AvgIpc) is 2.59. The summed E-state index contributed by atoms with van der Waals surface area (Å²) in [5.41, 5.74) is 0.438. The van der Waals surface area contributed by atoms with Gasteiger partial charge in [0.15, 0.2) is 18.2 Å². The Kier molecular flexibility index (Phi) is 5.02. The highest BCUT2D eigenvalue weighted by atomic mass is 19.1. The molecule has 1 unspecified atom stereocenters. The highest BCUT2D eigenvalue weighted by Crippen LogP contribution is 2.41. The number of benzene rings is 2. The highest BCUT2D eigenvalue weighted by molar-refractivity contribution is 5.78. The maximum Gasteiger partial charge on any atom is 0.258 e. The minimum Gasteiger partial charge on any atom is -0.497 e. The Hall–Kier alpha value is -2.76. The molecule has 138 valence electrons. The van der Waals surface area contributed by atoms with Crippen LogP contribution < -0.4 is 19.5 Å². The van der Waals surface area contributed by atoms with Crippen molar-refractivity contribution in [3.8, 4) is 17.2 Å². The topological polar surface area (TPSA) is 56.8 Å². The molecule has 26 heavy (non-hydrogen) atoms. The molecule has 0 saturated heterocycles. The molecule has 0 spiro atoms. The summed E-state index contributed by atoms with van der Waals surface area (Å²) in [7, 11) is 1.59. The number of halogens is 1. The van der Waals surface area contributed by atoms with Crippen molar-refractivity contribution >= 4 is 5.91 Å². The molecule has 0 radical (unpaired) electrons. The predicted octanol–water partition coefficient (Wildman–Crippen LogP) is 3.63. The van der Waals surface area contributed by atoms with Gasteiger partial charge in [0.05, 0.1) is 13.2 Å². The monoisotopic (exact) mass is 359 g/mol. The molecule has 1 atom stereocenters. The Morgan fingerprint density at radius 2 is 2.08 bits per heavy atom. The van der Waals surface area contributed by atoms with E-state index in [1.165, 1.54) is 12.1 Å². The first-order valence-corrected chi connectivity index (χ1v) is 8.41. The summed E-state index contributed by atoms with van der Waals surface area (Å²) in [6.45, 7) is 3.67. The molecule has 2 aromatic carbocycles. The van der Waals surface area contributed by atoms with Crippen LogP contribution in [-0.4, -0.2) is 25.2 Å². The first-order valence-electron chi connectivity index (χ1n) is 8.41. The molecule has 6 heteroatoms. The molecular formula is C20H22FNO4. The molecule has 0 aliphatic carbocycles. The zero-order chi connectivity index (χ0) is 18.7. The van der Waals surface area contributed by atoms with Gasteiger partial charge in [-0.15, -0.1) is 0 Å². The Bertz CT molecular complexity index is 806. The fraction of sp³-hybridized carbons (Fsp3) is 0.350. The average molecular weight is 359 g/mol. The molecule has 1 heterocycles. The number of fused-ring (bicyclic) bond motifs is 1. The molecule has 2 aromatic rings. The minimum absolute atomic E-state index is 0.0556. The van der Waals surface area contributed by atoms with E-state index in [4.69, 9.17) is 14.2 Å². The van der Waals surface area contributed by atoms with Crippen LogP contribution in [-0.2, 0) is 4.79 Å². The van der Waals surface area contributed by atoms with Gasteiger partial charge < -0.3 is 19.5 Å². The third-order valence-electron chi connectivity index (χ3n) is 4.21. The lowest BCUT2D eigenvalue weighted by Gasteiger charge is -2.38.